The van der Waals surface area contributed by atoms with E-state index in [1.54, 1.807) is 12.1 Å². The van der Waals surface area contributed by atoms with Crippen LogP contribution in [0.1, 0.15) is 57.4 Å². The Morgan fingerprint density at radius 2 is 1.63 bits per heavy atom. The first-order valence-corrected chi connectivity index (χ1v) is 11.7. The molecule has 1 unspecified atom stereocenters. The summed E-state index contributed by atoms with van der Waals surface area (Å²) in [6, 6.07) is 6.70. The first-order valence-electron chi connectivity index (χ1n) is 10.1. The molecule has 0 aromatic heterocycles. The highest BCUT2D eigenvalue weighted by Gasteiger charge is 2.53. The van der Waals surface area contributed by atoms with Crippen LogP contribution in [0.25, 0.3) is 0 Å². The van der Waals surface area contributed by atoms with E-state index in [-0.39, 0.29) is 16.8 Å². The first kappa shape index (κ1) is 18.9. The molecule has 4 aliphatic carbocycles. The second-order valence-corrected chi connectivity index (χ2v) is 10.8. The summed E-state index contributed by atoms with van der Waals surface area (Å²) in [4.78, 5) is 12.6. The Morgan fingerprint density at radius 1 is 1.11 bits per heavy atom. The molecule has 1 amide bonds. The Bertz CT molecular complexity index is 781. The second kappa shape index (κ2) is 6.89. The lowest BCUT2D eigenvalue weighted by Gasteiger charge is -2.59. The van der Waals surface area contributed by atoms with Gasteiger partial charge in [0.25, 0.3) is 0 Å². The van der Waals surface area contributed by atoms with Gasteiger partial charge in [0.15, 0.2) is 0 Å². The van der Waals surface area contributed by atoms with Crippen molar-refractivity contribution in [2.24, 2.45) is 28.3 Å². The van der Waals surface area contributed by atoms with Crippen LogP contribution < -0.4 is 10.5 Å². The Morgan fingerprint density at radius 3 is 2.11 bits per heavy atom. The molecule has 0 spiro atoms. The van der Waals surface area contributed by atoms with Crippen LogP contribution in [-0.4, -0.2) is 20.4 Å². The van der Waals surface area contributed by atoms with E-state index >= 15 is 0 Å². The van der Waals surface area contributed by atoms with E-state index in [4.69, 9.17) is 5.14 Å². The summed E-state index contributed by atoms with van der Waals surface area (Å²) in [6.45, 7) is 2.20. The molecule has 4 aliphatic rings. The van der Waals surface area contributed by atoms with Gasteiger partial charge in [-0.1, -0.05) is 12.1 Å². The fourth-order valence-corrected chi connectivity index (χ4v) is 6.79. The van der Waals surface area contributed by atoms with Crippen LogP contribution in [0.5, 0.6) is 0 Å². The molecule has 3 N–H and O–H groups in total. The number of hydrogen-bond acceptors (Lipinski definition) is 3. The summed E-state index contributed by atoms with van der Waals surface area (Å²) in [5.41, 5.74) is 1.27. The Balaban J connectivity index is 1.32. The highest BCUT2D eigenvalue weighted by molar-refractivity contribution is 7.89. The molecule has 0 heterocycles. The summed E-state index contributed by atoms with van der Waals surface area (Å²) >= 11 is 0. The largest absolute Gasteiger partial charge is 0.353 e. The Hall–Kier alpha value is -1.40. The number of carbonyl (C=O) groups is 1. The minimum atomic E-state index is -3.67. The van der Waals surface area contributed by atoms with Gasteiger partial charge in [0.1, 0.15) is 0 Å². The molecule has 0 aliphatic heterocycles. The first-order chi connectivity index (χ1) is 12.7. The van der Waals surface area contributed by atoms with Gasteiger partial charge in [0.2, 0.25) is 15.9 Å². The third-order valence-corrected chi connectivity index (χ3v) is 8.20. The Kier molecular flexibility index (Phi) is 4.83. The number of sulfonamides is 1. The molecular formula is C21H30N2O3S. The lowest BCUT2D eigenvalue weighted by molar-refractivity contribution is -0.125. The third-order valence-electron chi connectivity index (χ3n) is 7.27. The van der Waals surface area contributed by atoms with Crippen LogP contribution in [0, 0.1) is 23.2 Å². The number of primary sulfonamides is 1. The van der Waals surface area contributed by atoms with Crippen LogP contribution in [0.2, 0.25) is 0 Å². The summed E-state index contributed by atoms with van der Waals surface area (Å²) in [5.74, 6) is 2.74. The van der Waals surface area contributed by atoms with Gasteiger partial charge in [-0.3, -0.25) is 4.79 Å². The van der Waals surface area contributed by atoms with E-state index in [1.165, 1.54) is 50.7 Å². The predicted octanol–water partition coefficient (Wildman–Crippen LogP) is 2.99. The van der Waals surface area contributed by atoms with Crippen molar-refractivity contribution in [2.75, 3.05) is 0 Å². The molecule has 4 bridgehead atoms. The maximum Gasteiger partial charge on any atom is 0.238 e. The quantitative estimate of drug-likeness (QED) is 0.782. The van der Waals surface area contributed by atoms with E-state index in [9.17, 15) is 13.2 Å². The van der Waals surface area contributed by atoms with Gasteiger partial charge in [-0.2, -0.15) is 0 Å². The zero-order chi connectivity index (χ0) is 19.2. The van der Waals surface area contributed by atoms with Crippen molar-refractivity contribution < 1.29 is 13.2 Å². The lowest BCUT2D eigenvalue weighted by atomic mass is 9.48. The number of nitrogens with two attached hydrogens (primary N) is 1. The van der Waals surface area contributed by atoms with Crippen molar-refractivity contribution in [1.82, 2.24) is 5.32 Å². The van der Waals surface area contributed by atoms with E-state index in [0.717, 1.165) is 23.3 Å². The standard InChI is InChI=1S/C21H30N2O3S/c1-14(21-11-16-8-17(12-21)10-18(9-16)13-21)23-20(24)7-4-15-2-5-19(6-3-15)27(22,25)26/h2-3,5-6,14,16-18H,4,7-13H2,1H3,(H,23,24)(H2,22,25,26). The SMILES string of the molecule is CC(NC(=O)CCc1ccc(S(N)(=O)=O)cc1)C12CC3CC(CC(C3)C1)C2. The fourth-order valence-electron chi connectivity index (χ4n) is 6.28. The molecule has 1 atom stereocenters. The highest BCUT2D eigenvalue weighted by atomic mass is 32.2. The molecule has 148 valence electrons. The lowest BCUT2D eigenvalue weighted by Crippen LogP contribution is -2.55. The van der Waals surface area contributed by atoms with Crippen LogP contribution in [-0.2, 0) is 21.2 Å². The van der Waals surface area contributed by atoms with Gasteiger partial charge in [0, 0.05) is 12.5 Å². The zero-order valence-electron chi connectivity index (χ0n) is 16.0. The molecule has 27 heavy (non-hydrogen) atoms. The van der Waals surface area contributed by atoms with Gasteiger partial charge >= 0.3 is 0 Å². The molecule has 0 saturated heterocycles. The minimum Gasteiger partial charge on any atom is -0.353 e. The summed E-state index contributed by atoms with van der Waals surface area (Å²) in [5, 5.41) is 8.40. The maximum atomic E-state index is 12.5. The summed E-state index contributed by atoms with van der Waals surface area (Å²) in [7, 11) is -3.67. The van der Waals surface area contributed by atoms with Crippen LogP contribution in [0.15, 0.2) is 29.2 Å². The predicted molar refractivity (Wildman–Crippen MR) is 104 cm³/mol. The number of rotatable bonds is 6. The van der Waals surface area contributed by atoms with Gasteiger partial charge in [-0.25, -0.2) is 13.6 Å². The molecule has 4 saturated carbocycles. The third kappa shape index (κ3) is 3.92. The van der Waals surface area contributed by atoms with Crippen molar-refractivity contribution in [2.45, 2.75) is 69.2 Å². The van der Waals surface area contributed by atoms with Crippen molar-refractivity contribution in [3.8, 4) is 0 Å². The van der Waals surface area contributed by atoms with E-state index in [0.29, 0.717) is 18.3 Å². The van der Waals surface area contributed by atoms with Gasteiger partial charge in [-0.05, 0) is 92.7 Å². The van der Waals surface area contributed by atoms with Gasteiger partial charge in [-0.15, -0.1) is 0 Å². The van der Waals surface area contributed by atoms with Crippen molar-refractivity contribution in [3.05, 3.63) is 29.8 Å². The highest BCUT2D eigenvalue weighted by Crippen LogP contribution is 2.61. The molecule has 5 rings (SSSR count). The van der Waals surface area contributed by atoms with Gasteiger partial charge in [0.05, 0.1) is 4.90 Å². The number of hydrogen-bond donors (Lipinski definition) is 2. The molecule has 6 heteroatoms. The fraction of sp³-hybridized carbons (Fsp3) is 0.667. The monoisotopic (exact) mass is 390 g/mol. The van der Waals surface area contributed by atoms with Gasteiger partial charge < -0.3 is 5.32 Å². The maximum absolute atomic E-state index is 12.5. The topological polar surface area (TPSA) is 89.3 Å². The molecule has 1 aromatic carbocycles. The normalized spacial score (nSPS) is 33.0. The van der Waals surface area contributed by atoms with Crippen molar-refractivity contribution in [3.63, 3.8) is 0 Å². The molecule has 5 nitrogen and oxygen atoms in total. The molecule has 4 fully saturated rings. The van der Waals surface area contributed by atoms with E-state index in [1.807, 2.05) is 0 Å². The second-order valence-electron chi connectivity index (χ2n) is 9.26. The zero-order valence-corrected chi connectivity index (χ0v) is 16.8. The average molecular weight is 391 g/mol. The number of benzene rings is 1. The average Bonchev–Trinajstić information content (AvgIpc) is 2.58. The van der Waals surface area contributed by atoms with E-state index < -0.39 is 10.0 Å². The molecular weight excluding hydrogens is 360 g/mol. The van der Waals surface area contributed by atoms with Crippen LogP contribution >= 0.6 is 0 Å². The number of aryl methyl sites for hydroxylation is 1. The number of carbonyl (C=O) groups excluding carboxylic acids is 1. The van der Waals surface area contributed by atoms with Crippen LogP contribution in [0.3, 0.4) is 0 Å². The Labute approximate surface area is 162 Å². The van der Waals surface area contributed by atoms with Crippen molar-refractivity contribution in [1.29, 1.82) is 0 Å². The minimum absolute atomic E-state index is 0.0915. The number of amides is 1. The molecule has 0 radical (unpaired) electrons. The van der Waals surface area contributed by atoms with Crippen molar-refractivity contribution >= 4 is 15.9 Å². The molecule has 1 aromatic rings. The van der Waals surface area contributed by atoms with Crippen LogP contribution in [0.4, 0.5) is 0 Å². The smallest absolute Gasteiger partial charge is 0.238 e. The number of nitrogens with one attached hydrogen (secondary N) is 1. The summed E-state index contributed by atoms with van der Waals surface area (Å²) in [6.07, 6.45) is 9.12. The van der Waals surface area contributed by atoms with E-state index in [2.05, 4.69) is 12.2 Å². The summed E-state index contributed by atoms with van der Waals surface area (Å²) < 4.78 is 22.6.